The van der Waals surface area contributed by atoms with Crippen molar-refractivity contribution in [2.75, 3.05) is 13.7 Å². The number of amides is 1. The summed E-state index contributed by atoms with van der Waals surface area (Å²) in [7, 11) is 1.56. The minimum Gasteiger partial charge on any atom is -0.507 e. The number of carbonyl (C=O) groups is 2. The zero-order chi connectivity index (χ0) is 22.7. The van der Waals surface area contributed by atoms with E-state index in [0.717, 1.165) is 16.7 Å². The van der Waals surface area contributed by atoms with Crippen LogP contribution >= 0.6 is 0 Å². The van der Waals surface area contributed by atoms with E-state index in [9.17, 15) is 14.7 Å². The van der Waals surface area contributed by atoms with Gasteiger partial charge in [0, 0.05) is 12.1 Å². The van der Waals surface area contributed by atoms with Gasteiger partial charge < -0.3 is 14.7 Å². The summed E-state index contributed by atoms with van der Waals surface area (Å²) in [5.41, 5.74) is 3.51. The number of hydrogen-bond donors (Lipinski definition) is 1. The van der Waals surface area contributed by atoms with Crippen LogP contribution in [0.1, 0.15) is 28.3 Å². The van der Waals surface area contributed by atoms with Crippen LogP contribution in [-0.2, 0) is 16.0 Å². The minimum atomic E-state index is -0.669. The van der Waals surface area contributed by atoms with Crippen LogP contribution in [-0.4, -0.2) is 35.4 Å². The summed E-state index contributed by atoms with van der Waals surface area (Å²) in [5.74, 6) is -0.808. The first-order valence-electron chi connectivity index (χ1n) is 10.5. The predicted molar refractivity (Wildman–Crippen MR) is 123 cm³/mol. The first-order valence-corrected chi connectivity index (χ1v) is 10.5. The highest BCUT2D eigenvalue weighted by molar-refractivity contribution is 6.46. The molecule has 0 aliphatic carbocycles. The lowest BCUT2D eigenvalue weighted by atomic mass is 9.94. The van der Waals surface area contributed by atoms with E-state index in [4.69, 9.17) is 4.74 Å². The third-order valence-corrected chi connectivity index (χ3v) is 5.78. The van der Waals surface area contributed by atoms with Gasteiger partial charge in [0.1, 0.15) is 11.5 Å². The van der Waals surface area contributed by atoms with E-state index in [1.165, 1.54) is 0 Å². The van der Waals surface area contributed by atoms with E-state index in [1.807, 2.05) is 61.5 Å². The largest absolute Gasteiger partial charge is 0.507 e. The molecule has 0 saturated carbocycles. The molecular weight excluding hydrogens is 402 g/mol. The molecule has 1 fully saturated rings. The first-order chi connectivity index (χ1) is 15.5. The van der Waals surface area contributed by atoms with Gasteiger partial charge >= 0.3 is 0 Å². The minimum absolute atomic E-state index is 0.108. The summed E-state index contributed by atoms with van der Waals surface area (Å²) in [6, 6.07) is 23.7. The van der Waals surface area contributed by atoms with Gasteiger partial charge in [-0.15, -0.1) is 0 Å². The van der Waals surface area contributed by atoms with Gasteiger partial charge in [-0.05, 0) is 48.7 Å². The van der Waals surface area contributed by atoms with Gasteiger partial charge in [0.25, 0.3) is 11.7 Å². The van der Waals surface area contributed by atoms with Crippen LogP contribution in [0.5, 0.6) is 5.75 Å². The number of aliphatic hydroxyl groups excluding tert-OH is 1. The molecule has 1 N–H and O–H groups in total. The van der Waals surface area contributed by atoms with Crippen molar-refractivity contribution in [3.05, 3.63) is 107 Å². The normalized spacial score (nSPS) is 17.6. The second-order valence-electron chi connectivity index (χ2n) is 7.87. The van der Waals surface area contributed by atoms with Crippen LogP contribution in [0.2, 0.25) is 0 Å². The Morgan fingerprint density at radius 1 is 0.938 bits per heavy atom. The molecule has 1 atom stereocenters. The van der Waals surface area contributed by atoms with E-state index in [-0.39, 0.29) is 11.3 Å². The lowest BCUT2D eigenvalue weighted by Crippen LogP contribution is -2.31. The SMILES string of the molecule is COc1ccc(/C(O)=C2/C(=O)C(=O)N(CCc3ccccc3)C2c2ccc(C)cc2)cc1. The molecule has 1 aliphatic heterocycles. The Bertz CT molecular complexity index is 1150. The number of aliphatic hydroxyl groups is 1. The van der Waals surface area contributed by atoms with E-state index in [2.05, 4.69) is 0 Å². The van der Waals surface area contributed by atoms with E-state index in [1.54, 1.807) is 36.3 Å². The molecular formula is C27H25NO4. The fourth-order valence-electron chi connectivity index (χ4n) is 4.00. The van der Waals surface area contributed by atoms with Gasteiger partial charge in [0.05, 0.1) is 18.7 Å². The fraction of sp³-hybridized carbons (Fsp3) is 0.185. The molecule has 162 valence electrons. The Labute approximate surface area is 187 Å². The second-order valence-corrected chi connectivity index (χ2v) is 7.87. The van der Waals surface area contributed by atoms with Crippen LogP contribution in [0, 0.1) is 6.92 Å². The summed E-state index contributed by atoms with van der Waals surface area (Å²) < 4.78 is 5.18. The van der Waals surface area contributed by atoms with Crippen molar-refractivity contribution in [2.45, 2.75) is 19.4 Å². The number of ketones is 1. The second kappa shape index (κ2) is 9.10. The number of methoxy groups -OCH3 is 1. The quantitative estimate of drug-likeness (QED) is 0.353. The molecule has 0 bridgehead atoms. The van der Waals surface area contributed by atoms with Crippen molar-refractivity contribution in [2.24, 2.45) is 0 Å². The maximum atomic E-state index is 13.1. The molecule has 4 rings (SSSR count). The van der Waals surface area contributed by atoms with Gasteiger partial charge in [-0.25, -0.2) is 0 Å². The summed E-state index contributed by atoms with van der Waals surface area (Å²) in [6.07, 6.45) is 0.610. The number of nitrogens with zero attached hydrogens (tertiary/aromatic N) is 1. The summed E-state index contributed by atoms with van der Waals surface area (Å²) >= 11 is 0. The standard InChI is InChI=1S/C27H25NO4/c1-18-8-10-20(11-9-18)24-23(25(29)21-12-14-22(32-2)15-13-21)26(30)27(31)28(24)17-16-19-6-4-3-5-7-19/h3-15,24,29H,16-17H2,1-2H3/b25-23-. The number of likely N-dealkylation sites (tertiary alicyclic amines) is 1. The molecule has 0 radical (unpaired) electrons. The third kappa shape index (κ3) is 4.14. The third-order valence-electron chi connectivity index (χ3n) is 5.78. The highest BCUT2D eigenvalue weighted by Gasteiger charge is 2.45. The molecule has 1 heterocycles. The van der Waals surface area contributed by atoms with Crippen molar-refractivity contribution in [1.82, 2.24) is 4.90 Å². The van der Waals surface area contributed by atoms with Crippen molar-refractivity contribution < 1.29 is 19.4 Å². The topological polar surface area (TPSA) is 66.8 Å². The molecule has 3 aromatic rings. The summed E-state index contributed by atoms with van der Waals surface area (Å²) in [6.45, 7) is 2.35. The smallest absolute Gasteiger partial charge is 0.295 e. The number of carbonyl (C=O) groups excluding carboxylic acids is 2. The molecule has 0 spiro atoms. The summed E-state index contributed by atoms with van der Waals surface area (Å²) in [5, 5.41) is 11.1. The predicted octanol–water partition coefficient (Wildman–Crippen LogP) is 4.67. The number of Topliss-reactive ketones (excluding diaryl/α,β-unsaturated/α-hetero) is 1. The first kappa shape index (κ1) is 21.4. The van der Waals surface area contributed by atoms with Crippen molar-refractivity contribution in [3.63, 3.8) is 0 Å². The molecule has 1 amide bonds. The highest BCUT2D eigenvalue weighted by Crippen LogP contribution is 2.39. The Morgan fingerprint density at radius 3 is 2.22 bits per heavy atom. The zero-order valence-corrected chi connectivity index (χ0v) is 18.1. The number of hydrogen-bond acceptors (Lipinski definition) is 4. The lowest BCUT2D eigenvalue weighted by Gasteiger charge is -2.25. The van der Waals surface area contributed by atoms with Crippen LogP contribution in [0.25, 0.3) is 5.76 Å². The maximum absolute atomic E-state index is 13.1. The van der Waals surface area contributed by atoms with E-state index >= 15 is 0 Å². The fourth-order valence-corrected chi connectivity index (χ4v) is 4.00. The number of rotatable bonds is 6. The molecule has 0 aromatic heterocycles. The molecule has 5 nitrogen and oxygen atoms in total. The number of aryl methyl sites for hydroxylation is 1. The van der Waals surface area contributed by atoms with Gasteiger partial charge in [0.2, 0.25) is 0 Å². The van der Waals surface area contributed by atoms with Crippen LogP contribution < -0.4 is 4.74 Å². The maximum Gasteiger partial charge on any atom is 0.295 e. The average Bonchev–Trinajstić information content (AvgIpc) is 3.08. The lowest BCUT2D eigenvalue weighted by molar-refractivity contribution is -0.139. The van der Waals surface area contributed by atoms with Crippen molar-refractivity contribution >= 4 is 17.4 Å². The molecule has 1 aliphatic rings. The molecule has 32 heavy (non-hydrogen) atoms. The summed E-state index contributed by atoms with van der Waals surface area (Å²) in [4.78, 5) is 27.7. The van der Waals surface area contributed by atoms with Gasteiger partial charge in [-0.1, -0.05) is 60.2 Å². The van der Waals surface area contributed by atoms with Crippen LogP contribution in [0.15, 0.2) is 84.4 Å². The molecule has 3 aromatic carbocycles. The van der Waals surface area contributed by atoms with Gasteiger partial charge in [0.15, 0.2) is 0 Å². The van der Waals surface area contributed by atoms with E-state index < -0.39 is 17.7 Å². The Morgan fingerprint density at radius 2 is 1.59 bits per heavy atom. The Hall–Kier alpha value is -3.86. The van der Waals surface area contributed by atoms with Crippen molar-refractivity contribution in [1.29, 1.82) is 0 Å². The van der Waals surface area contributed by atoms with Crippen LogP contribution in [0.4, 0.5) is 0 Å². The van der Waals surface area contributed by atoms with Crippen molar-refractivity contribution in [3.8, 4) is 5.75 Å². The van der Waals surface area contributed by atoms with Gasteiger partial charge in [-0.2, -0.15) is 0 Å². The molecule has 5 heteroatoms. The van der Waals surface area contributed by atoms with E-state index in [0.29, 0.717) is 24.3 Å². The molecule has 1 unspecified atom stereocenters. The monoisotopic (exact) mass is 427 g/mol. The Balaban J connectivity index is 1.77. The zero-order valence-electron chi connectivity index (χ0n) is 18.1. The van der Waals surface area contributed by atoms with Crippen LogP contribution in [0.3, 0.4) is 0 Å². The molecule has 1 saturated heterocycles. The van der Waals surface area contributed by atoms with Gasteiger partial charge in [-0.3, -0.25) is 9.59 Å². The average molecular weight is 428 g/mol. The number of benzene rings is 3. The Kier molecular flexibility index (Phi) is 6.08. The number of ether oxygens (including phenoxy) is 1. The highest BCUT2D eigenvalue weighted by atomic mass is 16.5.